The van der Waals surface area contributed by atoms with Crippen LogP contribution in [0.2, 0.25) is 0 Å². The minimum Gasteiger partial charge on any atom is -0.332 e. The molecule has 1 unspecified atom stereocenters. The Hall–Kier alpha value is -2.54. The summed E-state index contributed by atoms with van der Waals surface area (Å²) >= 11 is 0. The molecule has 3 aromatic heterocycles. The van der Waals surface area contributed by atoms with Gasteiger partial charge in [0, 0.05) is 36.1 Å². The fraction of sp³-hybridized carbons (Fsp3) is 0.286. The van der Waals surface area contributed by atoms with Gasteiger partial charge in [0.25, 0.3) is 5.89 Å². The van der Waals surface area contributed by atoms with Gasteiger partial charge in [0.1, 0.15) is 0 Å². The van der Waals surface area contributed by atoms with Crippen molar-refractivity contribution in [1.29, 1.82) is 0 Å². The molecule has 0 aliphatic carbocycles. The van der Waals surface area contributed by atoms with Crippen molar-refractivity contribution in [2.75, 3.05) is 13.1 Å². The normalized spacial score (nSPS) is 18.2. The van der Waals surface area contributed by atoms with Crippen LogP contribution in [0.25, 0.3) is 23.0 Å². The summed E-state index contributed by atoms with van der Waals surface area (Å²) in [6, 6.07) is 5.71. The Morgan fingerprint density at radius 3 is 3.14 bits per heavy atom. The number of pyridine rings is 1. The highest BCUT2D eigenvalue weighted by atomic mass is 16.5. The van der Waals surface area contributed by atoms with Crippen LogP contribution in [-0.2, 0) is 0 Å². The van der Waals surface area contributed by atoms with E-state index < -0.39 is 0 Å². The van der Waals surface area contributed by atoms with Gasteiger partial charge in [-0.25, -0.2) is 0 Å². The first-order valence-electron chi connectivity index (χ1n) is 6.90. The second-order valence-corrected chi connectivity index (χ2v) is 5.06. The highest BCUT2D eigenvalue weighted by molar-refractivity contribution is 5.56. The molecule has 7 heteroatoms. The number of H-pyrrole nitrogens is 1. The molecule has 1 aliphatic heterocycles. The summed E-state index contributed by atoms with van der Waals surface area (Å²) in [5, 5.41) is 14.7. The lowest BCUT2D eigenvalue weighted by atomic mass is 10.1. The highest BCUT2D eigenvalue weighted by Gasteiger charge is 2.21. The van der Waals surface area contributed by atoms with Crippen molar-refractivity contribution in [3.8, 4) is 23.0 Å². The van der Waals surface area contributed by atoms with Crippen LogP contribution in [0.1, 0.15) is 18.0 Å². The Morgan fingerprint density at radius 1 is 1.33 bits per heavy atom. The van der Waals surface area contributed by atoms with Crippen molar-refractivity contribution in [3.05, 3.63) is 36.3 Å². The number of hydrogen-bond acceptors (Lipinski definition) is 6. The van der Waals surface area contributed by atoms with Gasteiger partial charge in [0.15, 0.2) is 5.69 Å². The van der Waals surface area contributed by atoms with Gasteiger partial charge >= 0.3 is 0 Å². The van der Waals surface area contributed by atoms with Gasteiger partial charge in [-0.15, -0.1) is 0 Å². The molecular formula is C14H14N6O. The van der Waals surface area contributed by atoms with E-state index in [1.807, 2.05) is 18.2 Å². The number of nitrogens with one attached hydrogen (secondary N) is 2. The summed E-state index contributed by atoms with van der Waals surface area (Å²) in [4.78, 5) is 8.42. The first-order chi connectivity index (χ1) is 10.4. The molecule has 0 aromatic carbocycles. The first kappa shape index (κ1) is 12.2. The lowest BCUT2D eigenvalue weighted by molar-refractivity contribution is 0.431. The van der Waals surface area contributed by atoms with Crippen LogP contribution in [0.4, 0.5) is 0 Å². The smallest absolute Gasteiger partial charge is 0.278 e. The first-order valence-corrected chi connectivity index (χ1v) is 6.90. The minimum absolute atomic E-state index is 0.419. The van der Waals surface area contributed by atoms with Gasteiger partial charge in [0.2, 0.25) is 5.82 Å². The fourth-order valence-electron chi connectivity index (χ4n) is 2.52. The van der Waals surface area contributed by atoms with Crippen molar-refractivity contribution in [3.63, 3.8) is 0 Å². The molecule has 4 rings (SSSR count). The zero-order valence-corrected chi connectivity index (χ0v) is 11.3. The lowest BCUT2D eigenvalue weighted by Gasteiger charge is -2.02. The maximum atomic E-state index is 5.29. The third kappa shape index (κ3) is 2.31. The van der Waals surface area contributed by atoms with Crippen LogP contribution in [0.5, 0.6) is 0 Å². The van der Waals surface area contributed by atoms with Crippen molar-refractivity contribution < 1.29 is 4.52 Å². The molecule has 2 N–H and O–H groups in total. The maximum absolute atomic E-state index is 5.29. The van der Waals surface area contributed by atoms with Crippen molar-refractivity contribution in [2.45, 2.75) is 12.3 Å². The molecule has 7 nitrogen and oxygen atoms in total. The predicted molar refractivity (Wildman–Crippen MR) is 75.3 cm³/mol. The monoisotopic (exact) mass is 282 g/mol. The van der Waals surface area contributed by atoms with E-state index >= 15 is 0 Å². The lowest BCUT2D eigenvalue weighted by Crippen LogP contribution is -2.08. The molecule has 0 saturated carbocycles. The molecule has 106 valence electrons. The summed E-state index contributed by atoms with van der Waals surface area (Å²) in [5.74, 6) is 1.42. The second-order valence-electron chi connectivity index (χ2n) is 5.06. The van der Waals surface area contributed by atoms with Crippen molar-refractivity contribution >= 4 is 0 Å². The van der Waals surface area contributed by atoms with E-state index in [1.54, 1.807) is 12.4 Å². The van der Waals surface area contributed by atoms with E-state index in [4.69, 9.17) is 4.52 Å². The molecule has 1 atom stereocenters. The van der Waals surface area contributed by atoms with E-state index in [1.165, 1.54) is 0 Å². The van der Waals surface area contributed by atoms with Gasteiger partial charge in [0.05, 0.1) is 0 Å². The Bertz CT molecular complexity index is 729. The van der Waals surface area contributed by atoms with Crippen LogP contribution in [0, 0.1) is 0 Å². The van der Waals surface area contributed by atoms with Gasteiger partial charge < -0.3 is 9.84 Å². The summed E-state index contributed by atoms with van der Waals surface area (Å²) in [7, 11) is 0. The van der Waals surface area contributed by atoms with Crippen LogP contribution in [0.3, 0.4) is 0 Å². The molecule has 0 spiro atoms. The van der Waals surface area contributed by atoms with Crippen LogP contribution in [0.15, 0.2) is 35.1 Å². The Labute approximate surface area is 120 Å². The molecule has 4 heterocycles. The second kappa shape index (κ2) is 5.10. The molecule has 21 heavy (non-hydrogen) atoms. The fourth-order valence-corrected chi connectivity index (χ4v) is 2.52. The number of nitrogens with zero attached hydrogens (tertiary/aromatic N) is 4. The number of hydrogen-bond donors (Lipinski definition) is 2. The summed E-state index contributed by atoms with van der Waals surface area (Å²) in [5.41, 5.74) is 2.61. The zero-order chi connectivity index (χ0) is 14.1. The average molecular weight is 282 g/mol. The third-order valence-electron chi connectivity index (χ3n) is 3.66. The van der Waals surface area contributed by atoms with Gasteiger partial charge in [-0.1, -0.05) is 5.16 Å². The third-order valence-corrected chi connectivity index (χ3v) is 3.66. The van der Waals surface area contributed by atoms with Crippen molar-refractivity contribution in [2.24, 2.45) is 0 Å². The molecule has 0 bridgehead atoms. The van der Waals surface area contributed by atoms with E-state index in [0.717, 1.165) is 30.8 Å². The maximum Gasteiger partial charge on any atom is 0.278 e. The summed E-state index contributed by atoms with van der Waals surface area (Å²) in [6.45, 7) is 2.02. The minimum atomic E-state index is 0.419. The Kier molecular flexibility index (Phi) is 2.97. The van der Waals surface area contributed by atoms with Gasteiger partial charge in [-0.2, -0.15) is 10.1 Å². The average Bonchev–Trinajstić information content (AvgIpc) is 3.27. The molecule has 0 amide bonds. The molecule has 1 saturated heterocycles. The number of rotatable bonds is 3. The predicted octanol–water partition coefficient (Wildman–Crippen LogP) is 1.60. The number of aromatic nitrogens is 5. The zero-order valence-electron chi connectivity index (χ0n) is 11.3. The SMILES string of the molecule is c1cncc(-c2noc(-c3cc(C4CCNC4)[nH]n3)n2)c1. The Morgan fingerprint density at radius 2 is 2.33 bits per heavy atom. The molecule has 3 aromatic rings. The van der Waals surface area contributed by atoms with Crippen LogP contribution in [-0.4, -0.2) is 38.4 Å². The van der Waals surface area contributed by atoms with E-state index in [9.17, 15) is 0 Å². The highest BCUT2D eigenvalue weighted by Crippen LogP contribution is 2.25. The van der Waals surface area contributed by atoms with E-state index in [0.29, 0.717) is 23.3 Å². The molecule has 1 aliphatic rings. The summed E-state index contributed by atoms with van der Waals surface area (Å²) < 4.78 is 5.29. The summed E-state index contributed by atoms with van der Waals surface area (Å²) in [6.07, 6.45) is 4.53. The molecular weight excluding hydrogens is 268 g/mol. The van der Waals surface area contributed by atoms with Gasteiger partial charge in [-0.3, -0.25) is 10.1 Å². The molecule has 1 fully saturated rings. The molecule has 0 radical (unpaired) electrons. The quantitative estimate of drug-likeness (QED) is 0.758. The van der Waals surface area contributed by atoms with Crippen molar-refractivity contribution in [1.82, 2.24) is 30.6 Å². The van der Waals surface area contributed by atoms with Crippen LogP contribution >= 0.6 is 0 Å². The standard InChI is InChI=1S/C14H14N6O/c1-2-10(8-15-4-1)13-17-14(21-20-13)12-6-11(18-19-12)9-3-5-16-7-9/h1-2,4,6,8-9,16H,3,5,7H2,(H,18,19). The largest absolute Gasteiger partial charge is 0.332 e. The Balaban J connectivity index is 1.61. The van der Waals surface area contributed by atoms with E-state index in [2.05, 4.69) is 30.6 Å². The topological polar surface area (TPSA) is 92.5 Å². The number of aromatic amines is 1. The van der Waals surface area contributed by atoms with E-state index in [-0.39, 0.29) is 0 Å². The van der Waals surface area contributed by atoms with Crippen LogP contribution < -0.4 is 5.32 Å². The van der Waals surface area contributed by atoms with Gasteiger partial charge in [-0.05, 0) is 31.2 Å².